The van der Waals surface area contributed by atoms with Gasteiger partial charge in [-0.3, -0.25) is 9.91 Å². The van der Waals surface area contributed by atoms with Crippen molar-refractivity contribution in [2.24, 2.45) is 5.10 Å². The Hall–Kier alpha value is -2.04. The SMILES string of the molecule is CCOc1ccccc1C=NN1CCN(Cc2ccc(C)cc2C)CC1.Cl. The number of hydrogen-bond donors (Lipinski definition) is 0. The van der Waals surface area contributed by atoms with Gasteiger partial charge < -0.3 is 4.74 Å². The fourth-order valence-corrected chi connectivity index (χ4v) is 3.29. The van der Waals surface area contributed by atoms with E-state index in [1.165, 1.54) is 16.7 Å². The summed E-state index contributed by atoms with van der Waals surface area (Å²) in [5.74, 6) is 0.896. The Labute approximate surface area is 169 Å². The first-order chi connectivity index (χ1) is 12.7. The fraction of sp³-hybridized carbons (Fsp3) is 0.409. The zero-order valence-corrected chi connectivity index (χ0v) is 17.3. The van der Waals surface area contributed by atoms with Crippen molar-refractivity contribution in [3.05, 3.63) is 64.7 Å². The standard InChI is InChI=1S/C22H29N3O.ClH/c1-4-26-22-8-6-5-7-20(22)16-23-25-13-11-24(12-14-25)17-21-10-9-18(2)15-19(21)3;/h5-10,15-16H,4,11-14,17H2,1-3H3;1H. The van der Waals surface area contributed by atoms with E-state index in [4.69, 9.17) is 4.74 Å². The van der Waals surface area contributed by atoms with E-state index in [0.717, 1.165) is 44.0 Å². The van der Waals surface area contributed by atoms with Gasteiger partial charge in [0.05, 0.1) is 12.8 Å². The van der Waals surface area contributed by atoms with E-state index in [1.807, 2.05) is 37.4 Å². The molecular formula is C22H30ClN3O. The first-order valence-electron chi connectivity index (χ1n) is 9.45. The van der Waals surface area contributed by atoms with Crippen molar-refractivity contribution in [3.8, 4) is 5.75 Å². The molecule has 0 amide bonds. The van der Waals surface area contributed by atoms with Gasteiger partial charge in [0.25, 0.3) is 0 Å². The smallest absolute Gasteiger partial charge is 0.128 e. The minimum Gasteiger partial charge on any atom is -0.493 e. The molecule has 1 fully saturated rings. The molecule has 0 aromatic heterocycles. The third-order valence-corrected chi connectivity index (χ3v) is 4.82. The van der Waals surface area contributed by atoms with E-state index in [9.17, 15) is 0 Å². The van der Waals surface area contributed by atoms with Crippen LogP contribution in [-0.2, 0) is 6.54 Å². The molecule has 3 rings (SSSR count). The van der Waals surface area contributed by atoms with Crippen LogP contribution >= 0.6 is 12.4 Å². The molecule has 4 nitrogen and oxygen atoms in total. The van der Waals surface area contributed by atoms with Gasteiger partial charge in [-0.05, 0) is 44.0 Å². The minimum absolute atomic E-state index is 0. The van der Waals surface area contributed by atoms with Gasteiger partial charge in [-0.15, -0.1) is 12.4 Å². The Morgan fingerprint density at radius 1 is 1.04 bits per heavy atom. The van der Waals surface area contributed by atoms with Gasteiger partial charge in [0.15, 0.2) is 0 Å². The molecule has 2 aromatic carbocycles. The first kappa shape index (κ1) is 21.3. The molecule has 1 aliphatic heterocycles. The van der Waals surface area contributed by atoms with E-state index in [-0.39, 0.29) is 12.4 Å². The van der Waals surface area contributed by atoms with Crippen LogP contribution in [0.2, 0.25) is 0 Å². The van der Waals surface area contributed by atoms with Crippen molar-refractivity contribution >= 4 is 18.6 Å². The summed E-state index contributed by atoms with van der Waals surface area (Å²) in [5.41, 5.74) is 5.18. The second-order valence-corrected chi connectivity index (χ2v) is 6.88. The van der Waals surface area contributed by atoms with Gasteiger partial charge in [0, 0.05) is 38.3 Å². The number of halogens is 1. The molecule has 146 valence electrons. The highest BCUT2D eigenvalue weighted by molar-refractivity contribution is 5.85. The average molecular weight is 388 g/mol. The van der Waals surface area contributed by atoms with Crippen LogP contribution in [0, 0.1) is 13.8 Å². The number of rotatable bonds is 6. The number of hydrogen-bond acceptors (Lipinski definition) is 4. The predicted molar refractivity (Wildman–Crippen MR) is 115 cm³/mol. The van der Waals surface area contributed by atoms with Crippen LogP contribution in [0.15, 0.2) is 47.6 Å². The molecule has 0 aliphatic carbocycles. The van der Waals surface area contributed by atoms with Crippen LogP contribution < -0.4 is 4.74 Å². The van der Waals surface area contributed by atoms with E-state index in [1.54, 1.807) is 0 Å². The average Bonchev–Trinajstić information content (AvgIpc) is 2.65. The number of nitrogens with zero attached hydrogens (tertiary/aromatic N) is 3. The Morgan fingerprint density at radius 3 is 2.48 bits per heavy atom. The summed E-state index contributed by atoms with van der Waals surface area (Å²) in [4.78, 5) is 2.51. The van der Waals surface area contributed by atoms with Crippen LogP contribution in [0.1, 0.15) is 29.2 Å². The van der Waals surface area contributed by atoms with Gasteiger partial charge in [-0.2, -0.15) is 5.10 Å². The molecule has 1 aliphatic rings. The number of para-hydroxylation sites is 1. The third kappa shape index (κ3) is 5.98. The summed E-state index contributed by atoms with van der Waals surface area (Å²) in [7, 11) is 0. The Morgan fingerprint density at radius 2 is 1.78 bits per heavy atom. The van der Waals surface area contributed by atoms with Crippen molar-refractivity contribution in [2.75, 3.05) is 32.8 Å². The molecule has 0 atom stereocenters. The number of hydrazone groups is 1. The number of piperazine rings is 1. The fourth-order valence-electron chi connectivity index (χ4n) is 3.29. The van der Waals surface area contributed by atoms with Crippen molar-refractivity contribution in [2.45, 2.75) is 27.3 Å². The molecular weight excluding hydrogens is 358 g/mol. The third-order valence-electron chi connectivity index (χ3n) is 4.82. The molecule has 2 aromatic rings. The highest BCUT2D eigenvalue weighted by Crippen LogP contribution is 2.17. The van der Waals surface area contributed by atoms with Crippen molar-refractivity contribution < 1.29 is 4.74 Å². The maximum Gasteiger partial charge on any atom is 0.128 e. The van der Waals surface area contributed by atoms with Gasteiger partial charge in [-0.25, -0.2) is 0 Å². The molecule has 0 N–H and O–H groups in total. The Kier molecular flexibility index (Phi) is 8.14. The van der Waals surface area contributed by atoms with E-state index >= 15 is 0 Å². The van der Waals surface area contributed by atoms with E-state index < -0.39 is 0 Å². The molecule has 0 unspecified atom stereocenters. The molecule has 1 heterocycles. The molecule has 0 radical (unpaired) electrons. The Balaban J connectivity index is 0.00000261. The second kappa shape index (κ2) is 10.3. The molecule has 0 bridgehead atoms. The summed E-state index contributed by atoms with van der Waals surface area (Å²) in [6.45, 7) is 12.0. The lowest BCUT2D eigenvalue weighted by molar-refractivity contribution is 0.131. The first-order valence-corrected chi connectivity index (χ1v) is 9.45. The van der Waals surface area contributed by atoms with Crippen LogP contribution in [0.5, 0.6) is 5.75 Å². The largest absolute Gasteiger partial charge is 0.493 e. The number of aryl methyl sites for hydroxylation is 2. The maximum atomic E-state index is 5.66. The van der Waals surface area contributed by atoms with Crippen LogP contribution in [0.3, 0.4) is 0 Å². The number of benzene rings is 2. The quantitative estimate of drug-likeness (QED) is 0.692. The second-order valence-electron chi connectivity index (χ2n) is 6.88. The van der Waals surface area contributed by atoms with Gasteiger partial charge in [0.1, 0.15) is 5.75 Å². The Bertz CT molecular complexity index is 755. The lowest BCUT2D eigenvalue weighted by atomic mass is 10.1. The zero-order chi connectivity index (χ0) is 18.4. The highest BCUT2D eigenvalue weighted by atomic mass is 35.5. The van der Waals surface area contributed by atoms with Crippen LogP contribution in [-0.4, -0.2) is 48.9 Å². The van der Waals surface area contributed by atoms with Crippen molar-refractivity contribution in [3.63, 3.8) is 0 Å². The summed E-state index contributed by atoms with van der Waals surface area (Å²) >= 11 is 0. The molecule has 0 saturated carbocycles. The lowest BCUT2D eigenvalue weighted by Gasteiger charge is -2.33. The van der Waals surface area contributed by atoms with Crippen LogP contribution in [0.4, 0.5) is 0 Å². The van der Waals surface area contributed by atoms with Gasteiger partial charge >= 0.3 is 0 Å². The summed E-state index contributed by atoms with van der Waals surface area (Å²) < 4.78 is 5.66. The van der Waals surface area contributed by atoms with Crippen LogP contribution in [0.25, 0.3) is 0 Å². The van der Waals surface area contributed by atoms with E-state index in [0.29, 0.717) is 6.61 Å². The summed E-state index contributed by atoms with van der Waals surface area (Å²) in [6.07, 6.45) is 1.92. The minimum atomic E-state index is 0. The molecule has 1 saturated heterocycles. The molecule has 0 spiro atoms. The normalized spacial score (nSPS) is 15.0. The zero-order valence-electron chi connectivity index (χ0n) is 16.5. The maximum absolute atomic E-state index is 5.66. The van der Waals surface area contributed by atoms with Gasteiger partial charge in [-0.1, -0.05) is 35.9 Å². The highest BCUT2D eigenvalue weighted by Gasteiger charge is 2.16. The van der Waals surface area contributed by atoms with Crippen molar-refractivity contribution in [1.82, 2.24) is 9.91 Å². The lowest BCUT2D eigenvalue weighted by Crippen LogP contribution is -2.43. The molecule has 5 heteroatoms. The predicted octanol–water partition coefficient (Wildman–Crippen LogP) is 4.28. The monoisotopic (exact) mass is 387 g/mol. The topological polar surface area (TPSA) is 28.1 Å². The number of ether oxygens (including phenoxy) is 1. The van der Waals surface area contributed by atoms with Gasteiger partial charge in [0.2, 0.25) is 0 Å². The van der Waals surface area contributed by atoms with Crippen molar-refractivity contribution in [1.29, 1.82) is 0 Å². The molecule has 27 heavy (non-hydrogen) atoms. The van der Waals surface area contributed by atoms with E-state index in [2.05, 4.69) is 47.1 Å². The summed E-state index contributed by atoms with van der Waals surface area (Å²) in [6, 6.07) is 14.8. The summed E-state index contributed by atoms with van der Waals surface area (Å²) in [5, 5.41) is 6.82.